The minimum absolute atomic E-state index is 0.215. The fourth-order valence-electron chi connectivity index (χ4n) is 3.40. The van der Waals surface area contributed by atoms with Crippen LogP contribution in [0.1, 0.15) is 53.4 Å². The van der Waals surface area contributed by atoms with Gasteiger partial charge in [-0.05, 0) is 50.5 Å². The maximum Gasteiger partial charge on any atom is 0.220 e. The molecule has 0 aromatic heterocycles. The van der Waals surface area contributed by atoms with Crippen LogP contribution < -0.4 is 10.6 Å². The van der Waals surface area contributed by atoms with Crippen LogP contribution in [0.3, 0.4) is 0 Å². The lowest BCUT2D eigenvalue weighted by molar-refractivity contribution is -0.122. The predicted molar refractivity (Wildman–Crippen MR) is 76.4 cm³/mol. The number of carbonyl (C=O) groups excluding carboxylic acids is 1. The Bertz CT molecular complexity index is 276. The molecule has 106 valence electrons. The molecule has 3 nitrogen and oxygen atoms in total. The van der Waals surface area contributed by atoms with Crippen molar-refractivity contribution in [1.82, 2.24) is 10.6 Å². The molecule has 1 fully saturated rings. The van der Waals surface area contributed by atoms with Gasteiger partial charge in [0.15, 0.2) is 0 Å². The number of hydrogen-bond donors (Lipinski definition) is 2. The molecule has 1 rings (SSSR count). The van der Waals surface area contributed by atoms with Crippen molar-refractivity contribution in [3.05, 3.63) is 0 Å². The first kappa shape index (κ1) is 15.5. The molecular weight excluding hydrogens is 224 g/mol. The van der Waals surface area contributed by atoms with Crippen molar-refractivity contribution in [1.29, 1.82) is 0 Å². The topological polar surface area (TPSA) is 41.1 Å². The highest BCUT2D eigenvalue weighted by molar-refractivity contribution is 5.76. The van der Waals surface area contributed by atoms with Crippen molar-refractivity contribution in [3.63, 3.8) is 0 Å². The second-order valence-electron chi connectivity index (χ2n) is 6.98. The van der Waals surface area contributed by atoms with Gasteiger partial charge in [-0.15, -0.1) is 0 Å². The minimum Gasteiger partial charge on any atom is -0.355 e. The molecule has 1 amide bonds. The number of nitrogens with one attached hydrogen (secondary N) is 2. The second kappa shape index (κ2) is 6.55. The third kappa shape index (κ3) is 5.38. The number of rotatable bonds is 5. The van der Waals surface area contributed by atoms with Crippen LogP contribution in [0.2, 0.25) is 0 Å². The summed E-state index contributed by atoms with van der Waals surface area (Å²) in [5, 5.41) is 6.15. The van der Waals surface area contributed by atoms with Crippen molar-refractivity contribution in [2.75, 3.05) is 13.6 Å². The molecular formula is C15H30N2O. The van der Waals surface area contributed by atoms with Gasteiger partial charge < -0.3 is 10.6 Å². The molecule has 0 heterocycles. The van der Waals surface area contributed by atoms with Crippen LogP contribution in [0.25, 0.3) is 0 Å². The van der Waals surface area contributed by atoms with E-state index in [0.29, 0.717) is 23.8 Å². The maximum absolute atomic E-state index is 11.9. The smallest absolute Gasteiger partial charge is 0.220 e. The largest absolute Gasteiger partial charge is 0.355 e. The summed E-state index contributed by atoms with van der Waals surface area (Å²) in [5.74, 6) is 1.53. The summed E-state index contributed by atoms with van der Waals surface area (Å²) in [5.41, 5.74) is 0.404. The molecule has 3 atom stereocenters. The van der Waals surface area contributed by atoms with E-state index in [1.807, 2.05) is 7.05 Å². The van der Waals surface area contributed by atoms with Crippen LogP contribution in [0.15, 0.2) is 0 Å². The Balaban J connectivity index is 2.35. The molecule has 0 aromatic rings. The van der Waals surface area contributed by atoms with Crippen molar-refractivity contribution in [2.24, 2.45) is 17.3 Å². The second-order valence-corrected chi connectivity index (χ2v) is 6.98. The number of hydrogen-bond acceptors (Lipinski definition) is 2. The molecule has 3 unspecified atom stereocenters. The van der Waals surface area contributed by atoms with E-state index in [-0.39, 0.29) is 5.91 Å². The molecule has 3 heteroatoms. The van der Waals surface area contributed by atoms with Gasteiger partial charge in [-0.3, -0.25) is 4.79 Å². The third-order valence-electron chi connectivity index (χ3n) is 4.05. The van der Waals surface area contributed by atoms with Gasteiger partial charge in [0.2, 0.25) is 5.91 Å². The highest BCUT2D eigenvalue weighted by Gasteiger charge is 2.32. The Labute approximate surface area is 112 Å². The van der Waals surface area contributed by atoms with E-state index in [1.54, 1.807) is 0 Å². The molecule has 1 aliphatic rings. The van der Waals surface area contributed by atoms with Crippen LogP contribution in [-0.2, 0) is 4.79 Å². The molecule has 1 aliphatic carbocycles. The molecule has 0 radical (unpaired) electrons. The van der Waals surface area contributed by atoms with Gasteiger partial charge >= 0.3 is 0 Å². The van der Waals surface area contributed by atoms with Crippen molar-refractivity contribution in [3.8, 4) is 0 Å². The van der Waals surface area contributed by atoms with E-state index in [2.05, 4.69) is 38.3 Å². The van der Waals surface area contributed by atoms with Gasteiger partial charge in [-0.1, -0.05) is 20.8 Å². The van der Waals surface area contributed by atoms with E-state index in [9.17, 15) is 4.79 Å². The average Bonchev–Trinajstić information content (AvgIpc) is 2.22. The zero-order chi connectivity index (χ0) is 13.8. The lowest BCUT2D eigenvalue weighted by Gasteiger charge is -2.38. The Morgan fingerprint density at radius 3 is 2.61 bits per heavy atom. The van der Waals surface area contributed by atoms with Gasteiger partial charge in [-0.2, -0.15) is 0 Å². The van der Waals surface area contributed by atoms with Crippen LogP contribution in [-0.4, -0.2) is 25.5 Å². The number of amides is 1. The summed E-state index contributed by atoms with van der Waals surface area (Å²) >= 11 is 0. The molecule has 1 saturated carbocycles. The minimum atomic E-state index is 0.215. The van der Waals surface area contributed by atoms with Crippen molar-refractivity contribution < 1.29 is 4.79 Å². The van der Waals surface area contributed by atoms with Gasteiger partial charge in [0.25, 0.3) is 0 Å². The van der Waals surface area contributed by atoms with Gasteiger partial charge in [0.1, 0.15) is 0 Å². The standard InChI is InChI=1S/C15H30N2O/c1-11-6-13(9-15(3,4)8-11)7-14(18)17-10-12(2)16-5/h11-13,16H,6-10H2,1-5H3,(H,17,18). The van der Waals surface area contributed by atoms with Gasteiger partial charge in [0, 0.05) is 19.0 Å². The summed E-state index contributed by atoms with van der Waals surface area (Å²) in [7, 11) is 1.92. The first-order chi connectivity index (χ1) is 8.32. The third-order valence-corrected chi connectivity index (χ3v) is 4.05. The molecule has 2 N–H and O–H groups in total. The number of carbonyl (C=O) groups is 1. The average molecular weight is 254 g/mol. The van der Waals surface area contributed by atoms with Crippen molar-refractivity contribution >= 4 is 5.91 Å². The fraction of sp³-hybridized carbons (Fsp3) is 0.933. The molecule has 0 aromatic carbocycles. The van der Waals surface area contributed by atoms with E-state index in [0.717, 1.165) is 12.5 Å². The quantitative estimate of drug-likeness (QED) is 0.791. The molecule has 0 saturated heterocycles. The van der Waals surface area contributed by atoms with Gasteiger partial charge in [0.05, 0.1) is 0 Å². The first-order valence-electron chi connectivity index (χ1n) is 7.26. The zero-order valence-corrected chi connectivity index (χ0v) is 12.7. The molecule has 0 spiro atoms. The predicted octanol–water partition coefficient (Wildman–Crippen LogP) is 2.56. The van der Waals surface area contributed by atoms with Crippen LogP contribution in [0.4, 0.5) is 0 Å². The molecule has 0 bridgehead atoms. The fourth-order valence-corrected chi connectivity index (χ4v) is 3.40. The summed E-state index contributed by atoms with van der Waals surface area (Å²) < 4.78 is 0. The number of likely N-dealkylation sites (N-methyl/N-ethyl adjacent to an activating group) is 1. The molecule has 18 heavy (non-hydrogen) atoms. The lowest BCUT2D eigenvalue weighted by Crippen LogP contribution is -2.38. The van der Waals surface area contributed by atoms with Crippen LogP contribution in [0.5, 0.6) is 0 Å². The van der Waals surface area contributed by atoms with Crippen molar-refractivity contribution in [2.45, 2.75) is 59.4 Å². The normalized spacial score (nSPS) is 28.7. The van der Waals surface area contributed by atoms with Crippen LogP contribution >= 0.6 is 0 Å². The Morgan fingerprint density at radius 2 is 2.06 bits per heavy atom. The maximum atomic E-state index is 11.9. The van der Waals surface area contributed by atoms with E-state index < -0.39 is 0 Å². The molecule has 0 aliphatic heterocycles. The monoisotopic (exact) mass is 254 g/mol. The van der Waals surface area contributed by atoms with E-state index in [1.165, 1.54) is 19.3 Å². The highest BCUT2D eigenvalue weighted by Crippen LogP contribution is 2.42. The van der Waals surface area contributed by atoms with E-state index >= 15 is 0 Å². The van der Waals surface area contributed by atoms with E-state index in [4.69, 9.17) is 0 Å². The summed E-state index contributed by atoms with van der Waals surface area (Å²) in [6.45, 7) is 9.77. The Morgan fingerprint density at radius 1 is 1.39 bits per heavy atom. The summed E-state index contributed by atoms with van der Waals surface area (Å²) in [4.78, 5) is 11.9. The zero-order valence-electron chi connectivity index (χ0n) is 12.7. The summed E-state index contributed by atoms with van der Waals surface area (Å²) in [6, 6.07) is 0.343. The van der Waals surface area contributed by atoms with Gasteiger partial charge in [-0.25, -0.2) is 0 Å². The first-order valence-corrected chi connectivity index (χ1v) is 7.26. The SMILES string of the molecule is CNC(C)CNC(=O)CC1CC(C)CC(C)(C)C1. The van der Waals surface area contributed by atoms with Crippen LogP contribution in [0, 0.1) is 17.3 Å². The Hall–Kier alpha value is -0.570. The Kier molecular flexibility index (Phi) is 5.64. The highest BCUT2D eigenvalue weighted by atomic mass is 16.1. The lowest BCUT2D eigenvalue weighted by atomic mass is 9.67. The summed E-state index contributed by atoms with van der Waals surface area (Å²) in [6.07, 6.45) is 4.39.